The van der Waals surface area contributed by atoms with E-state index in [1.807, 2.05) is 0 Å². The van der Waals surface area contributed by atoms with Gasteiger partial charge in [0.2, 0.25) is 5.82 Å². The zero-order chi connectivity index (χ0) is 12.5. The molecular formula is C9H10F2N2O3. The second kappa shape index (κ2) is 4.11. The summed E-state index contributed by atoms with van der Waals surface area (Å²) in [6.07, 6.45) is 0. The number of halogens is 2. The number of rotatable bonds is 3. The highest BCUT2D eigenvalue weighted by Crippen LogP contribution is 2.28. The molecule has 0 radical (unpaired) electrons. The molecule has 0 saturated carbocycles. The number of aliphatic hydroxyl groups is 1. The minimum atomic E-state index is -1.76. The van der Waals surface area contributed by atoms with Crippen LogP contribution in [-0.4, -0.2) is 16.6 Å². The van der Waals surface area contributed by atoms with Crippen molar-refractivity contribution in [3.8, 4) is 0 Å². The molecule has 1 atom stereocenters. The van der Waals surface area contributed by atoms with Gasteiger partial charge in [0.1, 0.15) is 11.4 Å². The summed E-state index contributed by atoms with van der Waals surface area (Å²) in [5.41, 5.74) is 2.04. The van der Waals surface area contributed by atoms with Crippen LogP contribution in [-0.2, 0) is 5.60 Å². The lowest BCUT2D eigenvalue weighted by Crippen LogP contribution is -2.32. The largest absolute Gasteiger partial charge is 0.384 e. The van der Waals surface area contributed by atoms with E-state index in [0.717, 1.165) is 0 Å². The van der Waals surface area contributed by atoms with E-state index in [-0.39, 0.29) is 6.54 Å². The van der Waals surface area contributed by atoms with Crippen molar-refractivity contribution in [1.82, 2.24) is 0 Å². The first-order valence-corrected chi connectivity index (χ1v) is 4.36. The summed E-state index contributed by atoms with van der Waals surface area (Å²) in [6, 6.07) is 1.01. The molecule has 0 amide bonds. The molecule has 5 nitrogen and oxygen atoms in total. The van der Waals surface area contributed by atoms with E-state index in [1.165, 1.54) is 6.92 Å². The van der Waals surface area contributed by atoms with Crippen molar-refractivity contribution >= 4 is 5.69 Å². The minimum Gasteiger partial charge on any atom is -0.384 e. The van der Waals surface area contributed by atoms with E-state index in [9.17, 15) is 24.0 Å². The Kier molecular flexibility index (Phi) is 3.20. The van der Waals surface area contributed by atoms with E-state index >= 15 is 0 Å². The summed E-state index contributed by atoms with van der Waals surface area (Å²) >= 11 is 0. The zero-order valence-corrected chi connectivity index (χ0v) is 8.41. The molecule has 1 rings (SSSR count). The molecule has 0 saturated heterocycles. The van der Waals surface area contributed by atoms with Crippen molar-refractivity contribution < 1.29 is 18.8 Å². The van der Waals surface area contributed by atoms with Crippen molar-refractivity contribution in [1.29, 1.82) is 0 Å². The third kappa shape index (κ3) is 2.15. The maximum Gasteiger partial charge on any atom is 0.307 e. The summed E-state index contributed by atoms with van der Waals surface area (Å²) < 4.78 is 26.6. The fraction of sp³-hybridized carbons (Fsp3) is 0.333. The van der Waals surface area contributed by atoms with Crippen molar-refractivity contribution in [2.75, 3.05) is 6.54 Å². The Bertz CT molecular complexity index is 435. The average Bonchev–Trinajstić information content (AvgIpc) is 2.20. The number of hydrogen-bond donors (Lipinski definition) is 2. The predicted molar refractivity (Wildman–Crippen MR) is 51.6 cm³/mol. The Morgan fingerprint density at radius 2 is 2.06 bits per heavy atom. The fourth-order valence-corrected chi connectivity index (χ4v) is 1.20. The summed E-state index contributed by atoms with van der Waals surface area (Å²) in [4.78, 5) is 9.27. The maximum absolute atomic E-state index is 13.4. The first kappa shape index (κ1) is 12.5. The number of benzene rings is 1. The Morgan fingerprint density at radius 3 is 2.50 bits per heavy atom. The number of nitrogens with zero attached hydrogens (tertiary/aromatic N) is 1. The molecular weight excluding hydrogens is 222 g/mol. The fourth-order valence-electron chi connectivity index (χ4n) is 1.20. The standard InChI is InChI=1S/C9H10F2N2O3/c1-9(14,4-12)5-2-7(11)8(13(15)16)3-6(5)10/h2-3,14H,4,12H2,1H3. The molecule has 1 aromatic rings. The van der Waals surface area contributed by atoms with Crippen LogP contribution in [0.5, 0.6) is 0 Å². The van der Waals surface area contributed by atoms with Gasteiger partial charge in [-0.2, -0.15) is 4.39 Å². The second-order valence-electron chi connectivity index (χ2n) is 3.52. The quantitative estimate of drug-likeness (QED) is 0.601. The molecule has 0 aromatic heterocycles. The number of hydrogen-bond acceptors (Lipinski definition) is 4. The van der Waals surface area contributed by atoms with Crippen molar-refractivity contribution in [3.63, 3.8) is 0 Å². The van der Waals surface area contributed by atoms with Gasteiger partial charge in [-0.3, -0.25) is 10.1 Å². The van der Waals surface area contributed by atoms with Crippen LogP contribution in [0.2, 0.25) is 0 Å². The lowest BCUT2D eigenvalue weighted by atomic mass is 9.95. The predicted octanol–water partition coefficient (Wildman–Crippen LogP) is 1.04. The van der Waals surface area contributed by atoms with Gasteiger partial charge >= 0.3 is 5.69 Å². The van der Waals surface area contributed by atoms with E-state index < -0.39 is 33.4 Å². The molecule has 88 valence electrons. The summed E-state index contributed by atoms with van der Waals surface area (Å²) in [7, 11) is 0. The van der Waals surface area contributed by atoms with E-state index in [1.54, 1.807) is 0 Å². The van der Waals surface area contributed by atoms with Gasteiger partial charge in [-0.15, -0.1) is 0 Å². The van der Waals surface area contributed by atoms with Gasteiger partial charge in [0.25, 0.3) is 0 Å². The van der Waals surface area contributed by atoms with Crippen LogP contribution in [0.3, 0.4) is 0 Å². The van der Waals surface area contributed by atoms with Crippen LogP contribution in [0.1, 0.15) is 12.5 Å². The third-order valence-electron chi connectivity index (χ3n) is 2.21. The highest BCUT2D eigenvalue weighted by atomic mass is 19.1. The van der Waals surface area contributed by atoms with Gasteiger partial charge in [-0.25, -0.2) is 4.39 Å². The number of nitrogens with two attached hydrogens (primary N) is 1. The van der Waals surface area contributed by atoms with Crippen LogP contribution in [0.25, 0.3) is 0 Å². The highest BCUT2D eigenvalue weighted by Gasteiger charge is 2.29. The Balaban J connectivity index is 3.37. The molecule has 1 aromatic carbocycles. The van der Waals surface area contributed by atoms with E-state index in [0.29, 0.717) is 12.1 Å². The molecule has 0 fully saturated rings. The number of nitro benzene ring substituents is 1. The molecule has 0 bridgehead atoms. The molecule has 3 N–H and O–H groups in total. The van der Waals surface area contributed by atoms with E-state index in [2.05, 4.69) is 0 Å². The lowest BCUT2D eigenvalue weighted by Gasteiger charge is -2.21. The molecule has 0 aliphatic heterocycles. The molecule has 7 heteroatoms. The van der Waals surface area contributed by atoms with Crippen molar-refractivity contribution in [3.05, 3.63) is 39.4 Å². The normalized spacial score (nSPS) is 14.6. The van der Waals surface area contributed by atoms with Gasteiger partial charge in [0, 0.05) is 12.1 Å². The van der Waals surface area contributed by atoms with Crippen molar-refractivity contribution in [2.45, 2.75) is 12.5 Å². The van der Waals surface area contributed by atoms with Gasteiger partial charge < -0.3 is 10.8 Å². The van der Waals surface area contributed by atoms with Gasteiger partial charge in [0.15, 0.2) is 0 Å². The zero-order valence-electron chi connectivity index (χ0n) is 8.41. The Morgan fingerprint density at radius 1 is 1.50 bits per heavy atom. The number of nitro groups is 1. The Labute approximate surface area is 89.6 Å². The average molecular weight is 232 g/mol. The molecule has 1 unspecified atom stereocenters. The molecule has 16 heavy (non-hydrogen) atoms. The Hall–Kier alpha value is -1.60. The second-order valence-corrected chi connectivity index (χ2v) is 3.52. The van der Waals surface area contributed by atoms with Crippen LogP contribution < -0.4 is 5.73 Å². The monoisotopic (exact) mass is 232 g/mol. The van der Waals surface area contributed by atoms with Crippen molar-refractivity contribution in [2.24, 2.45) is 5.73 Å². The summed E-state index contributed by atoms with van der Waals surface area (Å²) in [5.74, 6) is -2.28. The van der Waals surface area contributed by atoms with Gasteiger partial charge in [-0.1, -0.05) is 0 Å². The molecule has 0 aliphatic rings. The highest BCUT2D eigenvalue weighted by molar-refractivity contribution is 5.38. The maximum atomic E-state index is 13.4. The van der Waals surface area contributed by atoms with E-state index in [4.69, 9.17) is 5.73 Å². The topological polar surface area (TPSA) is 89.4 Å². The molecule has 0 heterocycles. The SMILES string of the molecule is CC(O)(CN)c1cc(F)c([N+](=O)[O-])cc1F. The van der Waals surface area contributed by atoms with Crippen LogP contribution >= 0.6 is 0 Å². The first-order chi connectivity index (χ1) is 7.29. The first-order valence-electron chi connectivity index (χ1n) is 4.36. The van der Waals surface area contributed by atoms with Gasteiger partial charge in [-0.05, 0) is 13.0 Å². The summed E-state index contributed by atoms with van der Waals surface area (Å²) in [6.45, 7) is 0.859. The third-order valence-corrected chi connectivity index (χ3v) is 2.21. The lowest BCUT2D eigenvalue weighted by molar-refractivity contribution is -0.387. The van der Waals surface area contributed by atoms with Crippen LogP contribution in [0.15, 0.2) is 12.1 Å². The van der Waals surface area contributed by atoms with Crippen LogP contribution in [0, 0.1) is 21.7 Å². The molecule has 0 spiro atoms. The molecule has 0 aliphatic carbocycles. The smallest absolute Gasteiger partial charge is 0.307 e. The summed E-state index contributed by atoms with van der Waals surface area (Å²) in [5, 5.41) is 19.9. The minimum absolute atomic E-state index is 0.332. The van der Waals surface area contributed by atoms with Crippen LogP contribution in [0.4, 0.5) is 14.5 Å². The van der Waals surface area contributed by atoms with Gasteiger partial charge in [0.05, 0.1) is 11.0 Å².